The van der Waals surface area contributed by atoms with Gasteiger partial charge in [0.15, 0.2) is 0 Å². The van der Waals surface area contributed by atoms with Crippen molar-refractivity contribution in [1.82, 2.24) is 0 Å². The molecule has 0 N–H and O–H groups in total. The van der Waals surface area contributed by atoms with Crippen LogP contribution in [0.2, 0.25) is 0 Å². The molecule has 9 heteroatoms. The van der Waals surface area contributed by atoms with Crippen molar-refractivity contribution < 1.29 is 37.3 Å². The summed E-state index contributed by atoms with van der Waals surface area (Å²) in [6.07, 6.45) is 33.9. The first-order valence-electron chi connectivity index (χ1n) is 20.8. The minimum absolute atomic E-state index is 0.0310. The van der Waals surface area contributed by atoms with Crippen LogP contribution in [0.4, 0.5) is 0 Å². The third kappa shape index (κ3) is 38.6. The molecule has 0 heterocycles. The Morgan fingerprint density at radius 3 is 1.35 bits per heavy atom. The van der Waals surface area contributed by atoms with Crippen molar-refractivity contribution >= 4 is 13.8 Å². The van der Waals surface area contributed by atoms with Crippen molar-refractivity contribution in [2.45, 2.75) is 200 Å². The molecule has 2 unspecified atom stereocenters. The zero-order chi connectivity index (χ0) is 36.3. The van der Waals surface area contributed by atoms with Crippen LogP contribution in [-0.2, 0) is 27.9 Å². The maximum atomic E-state index is 12.6. The molecule has 49 heavy (non-hydrogen) atoms. The van der Waals surface area contributed by atoms with E-state index >= 15 is 0 Å². The predicted octanol–water partition coefficient (Wildman–Crippen LogP) is 11.1. The molecule has 0 aromatic carbocycles. The summed E-state index contributed by atoms with van der Waals surface area (Å²) < 4.78 is 34.5. The average Bonchev–Trinajstić information content (AvgIpc) is 3.04. The maximum absolute atomic E-state index is 12.6. The molecule has 0 radical (unpaired) electrons. The Labute approximate surface area is 304 Å². The Bertz CT molecular complexity index is 761. The van der Waals surface area contributed by atoms with E-state index in [1.54, 1.807) is 0 Å². The normalized spacial score (nSPS) is 13.8. The molecule has 0 aliphatic carbocycles. The predicted molar refractivity (Wildman–Crippen MR) is 204 cm³/mol. The average molecular weight is 720 g/mol. The summed E-state index contributed by atoms with van der Waals surface area (Å²) in [5, 5.41) is 0. The van der Waals surface area contributed by atoms with Gasteiger partial charge in [0.2, 0.25) is 0 Å². The first-order valence-corrected chi connectivity index (χ1v) is 22.2. The fourth-order valence-electron chi connectivity index (χ4n) is 5.90. The van der Waals surface area contributed by atoms with E-state index in [1.165, 1.54) is 141 Å². The highest BCUT2D eigenvalue weighted by Gasteiger charge is 2.20. The van der Waals surface area contributed by atoms with Crippen molar-refractivity contribution in [3.63, 3.8) is 0 Å². The highest BCUT2D eigenvalue weighted by Crippen LogP contribution is 2.38. The number of quaternary nitrogens is 1. The number of hydrogen-bond donors (Lipinski definition) is 0. The van der Waals surface area contributed by atoms with Gasteiger partial charge in [-0.1, -0.05) is 174 Å². The molecule has 0 aliphatic rings. The molecule has 294 valence electrons. The van der Waals surface area contributed by atoms with Crippen LogP contribution in [0.1, 0.15) is 194 Å². The van der Waals surface area contributed by atoms with E-state index in [4.69, 9.17) is 18.5 Å². The van der Waals surface area contributed by atoms with Crippen LogP contribution >= 0.6 is 7.82 Å². The van der Waals surface area contributed by atoms with E-state index in [1.807, 2.05) is 21.1 Å². The number of carbonyl (C=O) groups excluding carboxylic acids is 1. The highest BCUT2D eigenvalue weighted by atomic mass is 31.2. The lowest BCUT2D eigenvalue weighted by Gasteiger charge is -2.28. The first kappa shape index (κ1) is 48.5. The smallest absolute Gasteiger partial charge is 0.306 e. The third-order valence-corrected chi connectivity index (χ3v) is 10.1. The Morgan fingerprint density at radius 1 is 0.551 bits per heavy atom. The van der Waals surface area contributed by atoms with E-state index in [-0.39, 0.29) is 25.8 Å². The fourth-order valence-corrected chi connectivity index (χ4v) is 6.63. The molecule has 2 atom stereocenters. The van der Waals surface area contributed by atoms with Crippen molar-refractivity contribution in [2.75, 3.05) is 54.1 Å². The van der Waals surface area contributed by atoms with E-state index in [0.717, 1.165) is 32.1 Å². The number of ether oxygens (including phenoxy) is 2. The van der Waals surface area contributed by atoms with Gasteiger partial charge < -0.3 is 27.9 Å². The van der Waals surface area contributed by atoms with Gasteiger partial charge in [-0.15, -0.1) is 0 Å². The number of nitrogens with zero attached hydrogens (tertiary/aromatic N) is 1. The fraction of sp³-hybridized carbons (Fsp3) is 0.975. The highest BCUT2D eigenvalue weighted by molar-refractivity contribution is 7.45. The van der Waals surface area contributed by atoms with E-state index in [0.29, 0.717) is 24.1 Å². The summed E-state index contributed by atoms with van der Waals surface area (Å²) in [7, 11) is 1.37. The Balaban J connectivity index is 4.17. The Kier molecular flexibility index (Phi) is 34.2. The molecule has 0 spiro atoms. The van der Waals surface area contributed by atoms with Crippen molar-refractivity contribution in [3.05, 3.63) is 0 Å². The van der Waals surface area contributed by atoms with Gasteiger partial charge in [0.25, 0.3) is 7.82 Å². The van der Waals surface area contributed by atoms with Crippen molar-refractivity contribution in [1.29, 1.82) is 0 Å². The standard InChI is InChI=1S/C40H82NO7P/c1-6-8-10-12-14-16-18-19-20-21-22-23-24-25-27-29-31-33-40(42)48-39(38-47-49(43,44)46-36-34-41(3,4)5)37-45-35-32-30-28-26-17-15-13-11-9-7-2/h39H,6-38H2,1-5H3. The largest absolute Gasteiger partial charge is 0.756 e. The lowest BCUT2D eigenvalue weighted by atomic mass is 10.0. The molecule has 0 amide bonds. The molecule has 8 nitrogen and oxygen atoms in total. The quantitative estimate of drug-likeness (QED) is 0.0270. The summed E-state index contributed by atoms with van der Waals surface area (Å²) in [5.41, 5.74) is 0. The van der Waals surface area contributed by atoms with Gasteiger partial charge in [0.1, 0.15) is 19.3 Å². The molecule has 0 bridgehead atoms. The van der Waals surface area contributed by atoms with Crippen molar-refractivity contribution in [3.8, 4) is 0 Å². The summed E-state index contributed by atoms with van der Waals surface area (Å²) in [5.74, 6) is -0.330. The van der Waals surface area contributed by atoms with Crippen LogP contribution in [0.15, 0.2) is 0 Å². The van der Waals surface area contributed by atoms with Crippen LogP contribution < -0.4 is 4.89 Å². The molecular weight excluding hydrogens is 637 g/mol. The van der Waals surface area contributed by atoms with Gasteiger partial charge in [-0.25, -0.2) is 0 Å². The number of phosphoric acid groups is 1. The summed E-state index contributed by atoms with van der Waals surface area (Å²) in [4.78, 5) is 24.9. The summed E-state index contributed by atoms with van der Waals surface area (Å²) >= 11 is 0. The lowest BCUT2D eigenvalue weighted by molar-refractivity contribution is -0.870. The molecule has 0 aromatic rings. The second-order valence-electron chi connectivity index (χ2n) is 15.4. The molecule has 0 saturated carbocycles. The number of hydrogen-bond acceptors (Lipinski definition) is 7. The van der Waals surface area contributed by atoms with Crippen LogP contribution in [0.3, 0.4) is 0 Å². The SMILES string of the molecule is CCCCCCCCCCCCCCCCCCCC(=O)OC(COCCCCCCCCCCCC)COP(=O)([O-])OCC[N+](C)(C)C. The second kappa shape index (κ2) is 34.6. The first-order chi connectivity index (χ1) is 23.6. The number of likely N-dealkylation sites (N-methyl/N-ethyl adjacent to an activating group) is 1. The number of phosphoric ester groups is 1. The minimum atomic E-state index is -4.51. The van der Waals surface area contributed by atoms with Crippen molar-refractivity contribution in [2.24, 2.45) is 0 Å². The van der Waals surface area contributed by atoms with E-state index < -0.39 is 13.9 Å². The van der Waals surface area contributed by atoms with E-state index in [9.17, 15) is 14.3 Å². The van der Waals surface area contributed by atoms with Crippen LogP contribution in [0.5, 0.6) is 0 Å². The lowest BCUT2D eigenvalue weighted by Crippen LogP contribution is -2.37. The van der Waals surface area contributed by atoms with Gasteiger partial charge >= 0.3 is 5.97 Å². The molecule has 0 aromatic heterocycles. The Morgan fingerprint density at radius 2 is 0.939 bits per heavy atom. The molecular formula is C40H82NO7P. The Hall–Kier alpha value is -0.500. The molecule has 0 aliphatic heterocycles. The topological polar surface area (TPSA) is 94.1 Å². The van der Waals surface area contributed by atoms with Crippen LogP contribution in [0, 0.1) is 0 Å². The number of esters is 1. The monoisotopic (exact) mass is 720 g/mol. The number of carbonyl (C=O) groups is 1. The van der Waals surface area contributed by atoms with Gasteiger partial charge in [0, 0.05) is 13.0 Å². The summed E-state index contributed by atoms with van der Waals surface area (Å²) in [6.45, 7) is 5.44. The zero-order valence-corrected chi connectivity index (χ0v) is 34.1. The maximum Gasteiger partial charge on any atom is 0.306 e. The minimum Gasteiger partial charge on any atom is -0.756 e. The summed E-state index contributed by atoms with van der Waals surface area (Å²) in [6, 6.07) is 0. The van der Waals surface area contributed by atoms with Gasteiger partial charge in [0.05, 0.1) is 34.4 Å². The molecule has 0 fully saturated rings. The molecule has 0 rings (SSSR count). The van der Waals surface area contributed by atoms with Crippen LogP contribution in [0.25, 0.3) is 0 Å². The van der Waals surface area contributed by atoms with Crippen LogP contribution in [-0.4, -0.2) is 70.7 Å². The third-order valence-electron chi connectivity index (χ3n) is 9.16. The van der Waals surface area contributed by atoms with Gasteiger partial charge in [-0.3, -0.25) is 9.36 Å². The molecule has 0 saturated heterocycles. The second-order valence-corrected chi connectivity index (χ2v) is 16.8. The number of unbranched alkanes of at least 4 members (excludes halogenated alkanes) is 25. The van der Waals surface area contributed by atoms with Gasteiger partial charge in [-0.05, 0) is 12.8 Å². The van der Waals surface area contributed by atoms with E-state index in [2.05, 4.69) is 13.8 Å². The zero-order valence-electron chi connectivity index (χ0n) is 33.2. The number of rotatable bonds is 39. The van der Waals surface area contributed by atoms with Gasteiger partial charge in [-0.2, -0.15) is 0 Å².